The molecule has 0 radical (unpaired) electrons. The maximum Gasteiger partial charge on any atom is 0.304 e. The zero-order chi connectivity index (χ0) is 14.2. The van der Waals surface area contributed by atoms with Gasteiger partial charge >= 0.3 is 5.69 Å². The zero-order valence-corrected chi connectivity index (χ0v) is 11.8. The third kappa shape index (κ3) is 2.58. The molecular formula is C12H18N2O4S. The summed E-state index contributed by atoms with van der Waals surface area (Å²) in [5.41, 5.74) is 0.0217. The third-order valence-electron chi connectivity index (χ3n) is 3.65. The lowest BCUT2D eigenvalue weighted by Gasteiger charge is -2.25. The van der Waals surface area contributed by atoms with E-state index in [1.54, 1.807) is 6.92 Å². The lowest BCUT2D eigenvalue weighted by atomic mass is 10.0. The number of aliphatic hydroxyl groups is 2. The minimum Gasteiger partial charge on any atom is -0.394 e. The lowest BCUT2D eigenvalue weighted by Crippen LogP contribution is -2.34. The first kappa shape index (κ1) is 14.2. The molecule has 3 unspecified atom stereocenters. The van der Waals surface area contributed by atoms with Crippen molar-refractivity contribution >= 4 is 22.0 Å². The van der Waals surface area contributed by atoms with Crippen LogP contribution >= 0.6 is 11.3 Å². The quantitative estimate of drug-likeness (QED) is 0.652. The highest BCUT2D eigenvalue weighted by atomic mass is 32.1. The predicted octanol–water partition coefficient (Wildman–Crippen LogP) is 1.92. The Kier molecular flexibility index (Phi) is 4.07. The first-order chi connectivity index (χ1) is 8.95. The summed E-state index contributed by atoms with van der Waals surface area (Å²) in [6, 6.07) is 1.35. The monoisotopic (exact) mass is 286 g/mol. The summed E-state index contributed by atoms with van der Waals surface area (Å²) >= 11 is 1.24. The number of thiophene rings is 1. The van der Waals surface area contributed by atoms with Crippen molar-refractivity contribution in [3.63, 3.8) is 0 Å². The molecule has 2 N–H and O–H groups in total. The van der Waals surface area contributed by atoms with E-state index in [-0.39, 0.29) is 18.3 Å². The van der Waals surface area contributed by atoms with Crippen LogP contribution in [0.4, 0.5) is 10.7 Å². The van der Waals surface area contributed by atoms with Crippen molar-refractivity contribution < 1.29 is 15.1 Å². The molecule has 19 heavy (non-hydrogen) atoms. The Labute approximate surface area is 115 Å². The van der Waals surface area contributed by atoms with Crippen LogP contribution in [0, 0.1) is 16.0 Å². The SMILES string of the molecule is CC(O)c1cc([N+](=O)[O-])c(N2CCC(C)C2CO)s1. The van der Waals surface area contributed by atoms with Gasteiger partial charge in [0.1, 0.15) is 0 Å². The number of rotatable bonds is 4. The van der Waals surface area contributed by atoms with Gasteiger partial charge in [-0.3, -0.25) is 10.1 Å². The lowest BCUT2D eigenvalue weighted by molar-refractivity contribution is -0.383. The Morgan fingerprint density at radius 1 is 1.68 bits per heavy atom. The van der Waals surface area contributed by atoms with E-state index in [9.17, 15) is 20.3 Å². The molecule has 1 fully saturated rings. The van der Waals surface area contributed by atoms with Crippen molar-refractivity contribution in [3.8, 4) is 0 Å². The maximum atomic E-state index is 11.1. The molecule has 1 aromatic heterocycles. The van der Waals surface area contributed by atoms with Gasteiger partial charge in [-0.25, -0.2) is 0 Å². The first-order valence-electron chi connectivity index (χ1n) is 6.29. The van der Waals surface area contributed by atoms with Crippen molar-refractivity contribution in [1.29, 1.82) is 0 Å². The molecule has 2 heterocycles. The van der Waals surface area contributed by atoms with Gasteiger partial charge in [-0.15, -0.1) is 11.3 Å². The molecule has 106 valence electrons. The van der Waals surface area contributed by atoms with E-state index in [0.717, 1.165) is 6.42 Å². The van der Waals surface area contributed by atoms with Crippen LogP contribution in [-0.4, -0.2) is 34.3 Å². The van der Waals surface area contributed by atoms with Gasteiger partial charge in [0.2, 0.25) is 0 Å². The number of anilines is 1. The molecule has 0 bridgehead atoms. The highest BCUT2D eigenvalue weighted by Gasteiger charge is 2.36. The molecule has 1 aliphatic rings. The average molecular weight is 286 g/mol. The number of nitro groups is 1. The number of nitrogens with zero attached hydrogens (tertiary/aromatic N) is 2. The molecule has 0 amide bonds. The number of hydrogen-bond acceptors (Lipinski definition) is 6. The maximum absolute atomic E-state index is 11.1. The summed E-state index contributed by atoms with van der Waals surface area (Å²) in [5.74, 6) is 0.307. The molecule has 6 nitrogen and oxygen atoms in total. The highest BCUT2D eigenvalue weighted by Crippen LogP contribution is 2.43. The van der Waals surface area contributed by atoms with E-state index in [0.29, 0.717) is 22.3 Å². The summed E-state index contributed by atoms with van der Waals surface area (Å²) in [6.45, 7) is 4.32. The van der Waals surface area contributed by atoms with Crippen LogP contribution < -0.4 is 4.90 Å². The van der Waals surface area contributed by atoms with Crippen LogP contribution in [0.25, 0.3) is 0 Å². The Balaban J connectivity index is 2.40. The average Bonchev–Trinajstić information content (AvgIpc) is 2.91. The number of aliphatic hydroxyl groups excluding tert-OH is 2. The van der Waals surface area contributed by atoms with E-state index < -0.39 is 11.0 Å². The molecule has 1 aliphatic heterocycles. The molecule has 0 spiro atoms. The minimum absolute atomic E-state index is 0.0137. The highest BCUT2D eigenvalue weighted by molar-refractivity contribution is 7.16. The van der Waals surface area contributed by atoms with Gasteiger partial charge in [0.05, 0.1) is 23.7 Å². The molecule has 7 heteroatoms. The standard InChI is InChI=1S/C12H18N2O4S/c1-7-3-4-13(10(7)6-15)12-9(14(17)18)5-11(19-12)8(2)16/h5,7-8,10,15-16H,3-4,6H2,1-2H3. The van der Waals surface area contributed by atoms with Gasteiger partial charge in [-0.05, 0) is 19.3 Å². The van der Waals surface area contributed by atoms with Crippen LogP contribution in [0.1, 0.15) is 31.2 Å². The van der Waals surface area contributed by atoms with Gasteiger partial charge in [0.25, 0.3) is 0 Å². The fourth-order valence-corrected chi connectivity index (χ4v) is 3.62. The van der Waals surface area contributed by atoms with Crippen LogP contribution in [-0.2, 0) is 0 Å². The van der Waals surface area contributed by atoms with Crippen molar-refractivity contribution in [3.05, 3.63) is 21.1 Å². The molecule has 0 aromatic carbocycles. The van der Waals surface area contributed by atoms with Gasteiger partial charge in [0.15, 0.2) is 5.00 Å². The summed E-state index contributed by atoms with van der Waals surface area (Å²) in [7, 11) is 0. The summed E-state index contributed by atoms with van der Waals surface area (Å²) in [4.78, 5) is 13.2. The zero-order valence-electron chi connectivity index (χ0n) is 10.9. The Morgan fingerprint density at radius 2 is 2.37 bits per heavy atom. The van der Waals surface area contributed by atoms with Crippen molar-refractivity contribution in [2.45, 2.75) is 32.4 Å². The van der Waals surface area contributed by atoms with E-state index in [4.69, 9.17) is 0 Å². The fraction of sp³-hybridized carbons (Fsp3) is 0.667. The van der Waals surface area contributed by atoms with Crippen LogP contribution in [0.3, 0.4) is 0 Å². The van der Waals surface area contributed by atoms with Gasteiger partial charge in [-0.2, -0.15) is 0 Å². The molecule has 0 saturated carbocycles. The topological polar surface area (TPSA) is 86.8 Å². The van der Waals surface area contributed by atoms with Crippen LogP contribution in [0.5, 0.6) is 0 Å². The fourth-order valence-electron chi connectivity index (χ4n) is 2.47. The van der Waals surface area contributed by atoms with Gasteiger partial charge in [0, 0.05) is 17.5 Å². The summed E-state index contributed by atoms with van der Waals surface area (Å²) in [5, 5.41) is 30.7. The van der Waals surface area contributed by atoms with E-state index in [1.807, 2.05) is 11.8 Å². The molecule has 1 saturated heterocycles. The minimum atomic E-state index is -0.718. The van der Waals surface area contributed by atoms with Crippen molar-refractivity contribution in [1.82, 2.24) is 0 Å². The third-order valence-corrected chi connectivity index (χ3v) is 4.98. The van der Waals surface area contributed by atoms with E-state index >= 15 is 0 Å². The summed E-state index contributed by atoms with van der Waals surface area (Å²) < 4.78 is 0. The molecular weight excluding hydrogens is 268 g/mol. The van der Waals surface area contributed by atoms with E-state index in [2.05, 4.69) is 0 Å². The predicted molar refractivity (Wildman–Crippen MR) is 73.6 cm³/mol. The normalized spacial score (nSPS) is 24.7. The van der Waals surface area contributed by atoms with Gasteiger partial charge < -0.3 is 15.1 Å². The molecule has 1 aromatic rings. The van der Waals surface area contributed by atoms with E-state index in [1.165, 1.54) is 17.4 Å². The summed E-state index contributed by atoms with van der Waals surface area (Å²) in [6.07, 6.45) is 0.189. The molecule has 0 aliphatic carbocycles. The van der Waals surface area contributed by atoms with Gasteiger partial charge in [-0.1, -0.05) is 6.92 Å². The second-order valence-corrected chi connectivity index (χ2v) is 6.04. The Morgan fingerprint density at radius 3 is 2.89 bits per heavy atom. The largest absolute Gasteiger partial charge is 0.394 e. The Bertz CT molecular complexity index is 474. The van der Waals surface area contributed by atoms with Crippen LogP contribution in [0.2, 0.25) is 0 Å². The van der Waals surface area contributed by atoms with Crippen molar-refractivity contribution in [2.75, 3.05) is 18.1 Å². The second-order valence-electron chi connectivity index (χ2n) is 4.98. The molecule has 2 rings (SSSR count). The Hall–Kier alpha value is -1.18. The second kappa shape index (κ2) is 5.44. The number of hydrogen-bond donors (Lipinski definition) is 2. The molecule has 3 atom stereocenters. The first-order valence-corrected chi connectivity index (χ1v) is 7.11. The van der Waals surface area contributed by atoms with Crippen molar-refractivity contribution in [2.24, 2.45) is 5.92 Å². The van der Waals surface area contributed by atoms with Crippen LogP contribution in [0.15, 0.2) is 6.07 Å². The smallest absolute Gasteiger partial charge is 0.304 e.